The fourth-order valence-corrected chi connectivity index (χ4v) is 5.05. The molecule has 1 amide bonds. The molecular formula is C24H33N3O5. The summed E-state index contributed by atoms with van der Waals surface area (Å²) < 4.78 is 5.14. The molecule has 4 rings (SSSR count). The SMILES string of the molecule is CC.CCOC(=O)N1CCC(C2c3ccc(O)cc3CCC3=CC([N+](=O)[O-])=CNC32)CC1. The Morgan fingerprint density at radius 1 is 1.28 bits per heavy atom. The first-order chi connectivity index (χ1) is 15.5. The lowest BCUT2D eigenvalue weighted by Gasteiger charge is -2.40. The number of benzene rings is 1. The average molecular weight is 444 g/mol. The van der Waals surface area contributed by atoms with E-state index in [-0.39, 0.29) is 34.4 Å². The summed E-state index contributed by atoms with van der Waals surface area (Å²) in [6.45, 7) is 7.44. The molecule has 8 heteroatoms. The number of piperidine rings is 1. The van der Waals surface area contributed by atoms with Crippen molar-refractivity contribution in [2.75, 3.05) is 19.7 Å². The number of allylic oxidation sites excluding steroid dienone is 1. The predicted octanol–water partition coefficient (Wildman–Crippen LogP) is 4.33. The number of amides is 1. The number of dihydropyridines is 1. The average Bonchev–Trinajstić information content (AvgIpc) is 2.96. The topological polar surface area (TPSA) is 105 Å². The molecule has 1 saturated heterocycles. The maximum atomic E-state index is 12.1. The van der Waals surface area contributed by atoms with Gasteiger partial charge in [0.2, 0.25) is 0 Å². The number of carbonyl (C=O) groups excluding carboxylic acids is 1. The molecule has 2 atom stereocenters. The predicted molar refractivity (Wildman–Crippen MR) is 122 cm³/mol. The summed E-state index contributed by atoms with van der Waals surface area (Å²) in [6, 6.07) is 5.49. The van der Waals surface area contributed by atoms with E-state index in [4.69, 9.17) is 4.74 Å². The second-order valence-electron chi connectivity index (χ2n) is 8.12. The molecule has 8 nitrogen and oxygen atoms in total. The standard InChI is InChI=1S/C22H27N3O5.C2H6/c1-2-30-22(27)24-9-7-14(8-10-24)20-19-6-5-18(26)12-15(19)3-4-16-11-17(25(28)29)13-23-21(16)20;1-2/h5-6,11-14,20-21,23,26H,2-4,7-10H2,1H3;1-2H3. The molecule has 2 aliphatic heterocycles. The summed E-state index contributed by atoms with van der Waals surface area (Å²) in [6.07, 6.45) is 6.04. The van der Waals surface area contributed by atoms with Gasteiger partial charge in [0, 0.05) is 25.1 Å². The van der Waals surface area contributed by atoms with Gasteiger partial charge in [-0.25, -0.2) is 4.79 Å². The summed E-state index contributed by atoms with van der Waals surface area (Å²) in [5.74, 6) is 0.660. The number of likely N-dealkylation sites (tertiary alicyclic amines) is 1. The molecule has 32 heavy (non-hydrogen) atoms. The molecule has 3 aliphatic rings. The Morgan fingerprint density at radius 3 is 2.66 bits per heavy atom. The lowest BCUT2D eigenvalue weighted by Crippen LogP contribution is -2.44. The van der Waals surface area contributed by atoms with Crippen LogP contribution in [0, 0.1) is 16.0 Å². The van der Waals surface area contributed by atoms with Crippen molar-refractivity contribution in [1.29, 1.82) is 0 Å². The summed E-state index contributed by atoms with van der Waals surface area (Å²) in [5.41, 5.74) is 3.37. The van der Waals surface area contributed by atoms with Crippen LogP contribution in [0.4, 0.5) is 4.79 Å². The van der Waals surface area contributed by atoms with E-state index in [2.05, 4.69) is 5.32 Å². The second-order valence-corrected chi connectivity index (χ2v) is 8.12. The number of phenolic OH excluding ortho intramolecular Hbond substituents is 1. The van der Waals surface area contributed by atoms with Crippen LogP contribution in [0.3, 0.4) is 0 Å². The first kappa shape index (κ1) is 23.6. The van der Waals surface area contributed by atoms with Gasteiger partial charge in [0.05, 0.1) is 23.8 Å². The second kappa shape index (κ2) is 10.5. The van der Waals surface area contributed by atoms with Gasteiger partial charge in [0.25, 0.3) is 5.70 Å². The third kappa shape index (κ3) is 4.89. The van der Waals surface area contributed by atoms with E-state index in [1.165, 1.54) is 11.8 Å². The van der Waals surface area contributed by atoms with Crippen LogP contribution in [0.2, 0.25) is 0 Å². The van der Waals surface area contributed by atoms with Crippen molar-refractivity contribution < 1.29 is 19.6 Å². The molecule has 1 fully saturated rings. The van der Waals surface area contributed by atoms with E-state index in [0.717, 1.165) is 30.4 Å². The van der Waals surface area contributed by atoms with E-state index in [1.54, 1.807) is 24.0 Å². The molecule has 0 aromatic heterocycles. The van der Waals surface area contributed by atoms with E-state index < -0.39 is 0 Å². The van der Waals surface area contributed by atoms with Crippen molar-refractivity contribution in [3.05, 3.63) is 63.0 Å². The first-order valence-electron chi connectivity index (χ1n) is 11.5. The first-order valence-corrected chi connectivity index (χ1v) is 11.5. The fourth-order valence-electron chi connectivity index (χ4n) is 5.05. The number of nitro groups is 1. The van der Waals surface area contributed by atoms with Crippen molar-refractivity contribution in [3.8, 4) is 5.75 Å². The van der Waals surface area contributed by atoms with Gasteiger partial charge in [-0.05, 0) is 67.4 Å². The minimum Gasteiger partial charge on any atom is -0.508 e. The Bertz CT molecular complexity index is 903. The molecule has 1 aromatic carbocycles. The molecule has 0 saturated carbocycles. The van der Waals surface area contributed by atoms with Gasteiger partial charge >= 0.3 is 6.09 Å². The third-order valence-electron chi connectivity index (χ3n) is 6.46. The largest absolute Gasteiger partial charge is 0.508 e. The number of phenols is 1. The Kier molecular flexibility index (Phi) is 7.77. The molecule has 1 aliphatic carbocycles. The van der Waals surface area contributed by atoms with Crippen molar-refractivity contribution in [3.63, 3.8) is 0 Å². The number of hydrogen-bond acceptors (Lipinski definition) is 6. The van der Waals surface area contributed by atoms with Gasteiger partial charge in [0.1, 0.15) is 5.75 Å². The zero-order chi connectivity index (χ0) is 23.3. The van der Waals surface area contributed by atoms with Crippen molar-refractivity contribution in [2.24, 2.45) is 5.92 Å². The molecule has 1 aromatic rings. The van der Waals surface area contributed by atoms with Crippen molar-refractivity contribution in [2.45, 2.75) is 58.4 Å². The molecule has 0 radical (unpaired) electrons. The molecule has 2 N–H and O–H groups in total. The minimum absolute atomic E-state index is 0.0290. The molecular weight excluding hydrogens is 410 g/mol. The van der Waals surface area contributed by atoms with Crippen LogP contribution in [-0.2, 0) is 11.2 Å². The molecule has 2 heterocycles. The van der Waals surface area contributed by atoms with Crippen LogP contribution < -0.4 is 5.32 Å². The van der Waals surface area contributed by atoms with Crippen LogP contribution in [-0.4, -0.2) is 46.8 Å². The number of aromatic hydroxyl groups is 1. The van der Waals surface area contributed by atoms with Crippen molar-refractivity contribution in [1.82, 2.24) is 10.2 Å². The number of carbonyl (C=O) groups is 1. The lowest BCUT2D eigenvalue weighted by molar-refractivity contribution is -0.419. The maximum Gasteiger partial charge on any atom is 0.409 e. The Hall–Kier alpha value is -3.03. The Balaban J connectivity index is 0.00000141. The number of nitrogens with zero attached hydrogens (tertiary/aromatic N) is 2. The highest BCUT2D eigenvalue weighted by Crippen LogP contribution is 2.44. The highest BCUT2D eigenvalue weighted by Gasteiger charge is 2.40. The Labute approximate surface area is 189 Å². The fraction of sp³-hybridized carbons (Fsp3) is 0.542. The summed E-state index contributed by atoms with van der Waals surface area (Å²) in [4.78, 5) is 24.8. The molecule has 2 unspecified atom stereocenters. The van der Waals surface area contributed by atoms with Crippen LogP contribution in [0.5, 0.6) is 5.75 Å². The summed E-state index contributed by atoms with van der Waals surface area (Å²) in [7, 11) is 0. The van der Waals surface area contributed by atoms with Gasteiger partial charge < -0.3 is 20.1 Å². The highest BCUT2D eigenvalue weighted by molar-refractivity contribution is 5.67. The van der Waals surface area contributed by atoms with Gasteiger partial charge in [-0.1, -0.05) is 19.9 Å². The highest BCUT2D eigenvalue weighted by atomic mass is 16.6. The molecule has 0 spiro atoms. The van der Waals surface area contributed by atoms with Crippen LogP contribution in [0.15, 0.2) is 41.7 Å². The zero-order valence-electron chi connectivity index (χ0n) is 19.0. The summed E-state index contributed by atoms with van der Waals surface area (Å²) in [5, 5.41) is 24.6. The summed E-state index contributed by atoms with van der Waals surface area (Å²) >= 11 is 0. The molecule has 174 valence electrons. The number of fused-ring (bicyclic) bond motifs is 2. The van der Waals surface area contributed by atoms with Crippen LogP contribution >= 0.6 is 0 Å². The lowest BCUT2D eigenvalue weighted by atomic mass is 9.73. The number of aryl methyl sites for hydroxylation is 1. The van der Waals surface area contributed by atoms with E-state index in [9.17, 15) is 20.0 Å². The smallest absolute Gasteiger partial charge is 0.409 e. The van der Waals surface area contributed by atoms with Gasteiger partial charge in [-0.15, -0.1) is 0 Å². The van der Waals surface area contributed by atoms with Crippen molar-refractivity contribution >= 4 is 6.09 Å². The van der Waals surface area contributed by atoms with Gasteiger partial charge in [0.15, 0.2) is 0 Å². The monoisotopic (exact) mass is 443 g/mol. The van der Waals surface area contributed by atoms with Crippen LogP contribution in [0.1, 0.15) is 57.1 Å². The van der Waals surface area contributed by atoms with Crippen LogP contribution in [0.25, 0.3) is 0 Å². The number of nitrogens with one attached hydrogen (secondary N) is 1. The van der Waals surface area contributed by atoms with E-state index >= 15 is 0 Å². The third-order valence-corrected chi connectivity index (χ3v) is 6.46. The maximum absolute atomic E-state index is 12.1. The minimum atomic E-state index is -0.368. The van der Waals surface area contributed by atoms with E-state index in [1.807, 2.05) is 26.0 Å². The zero-order valence-corrected chi connectivity index (χ0v) is 19.0. The van der Waals surface area contributed by atoms with E-state index in [0.29, 0.717) is 32.0 Å². The van der Waals surface area contributed by atoms with Gasteiger partial charge in [-0.3, -0.25) is 10.1 Å². The van der Waals surface area contributed by atoms with Gasteiger partial charge in [-0.2, -0.15) is 0 Å². The number of ether oxygens (including phenoxy) is 1. The normalized spacial score (nSPS) is 22.5. The number of rotatable bonds is 3. The molecule has 0 bridgehead atoms. The number of hydrogen-bond donors (Lipinski definition) is 2. The Morgan fingerprint density at radius 2 is 2.00 bits per heavy atom. The quantitative estimate of drug-likeness (QED) is 0.532.